The summed E-state index contributed by atoms with van der Waals surface area (Å²) in [7, 11) is 2.77. The van der Waals surface area contributed by atoms with Gasteiger partial charge in [-0.25, -0.2) is 4.39 Å². The fourth-order valence-corrected chi connectivity index (χ4v) is 1.74. The molecule has 0 saturated carbocycles. The van der Waals surface area contributed by atoms with E-state index in [9.17, 15) is 9.18 Å². The van der Waals surface area contributed by atoms with Gasteiger partial charge in [0.15, 0.2) is 11.6 Å². The van der Waals surface area contributed by atoms with Crippen molar-refractivity contribution in [3.05, 3.63) is 29.6 Å². The van der Waals surface area contributed by atoms with Crippen LogP contribution in [-0.2, 0) is 14.9 Å². The molecule has 1 N–H and O–H groups in total. The van der Waals surface area contributed by atoms with Crippen molar-refractivity contribution in [3.8, 4) is 5.75 Å². The molecule has 106 valence electrons. The van der Waals surface area contributed by atoms with Crippen LogP contribution < -0.4 is 10.1 Å². The van der Waals surface area contributed by atoms with Gasteiger partial charge in [-0.2, -0.15) is 0 Å². The summed E-state index contributed by atoms with van der Waals surface area (Å²) in [5.41, 5.74) is 0.532. The molecule has 0 radical (unpaired) electrons. The molecule has 0 bridgehead atoms. The molecule has 19 heavy (non-hydrogen) atoms. The molecule has 5 heteroatoms. The Balaban J connectivity index is 2.71. The minimum atomic E-state index is -0.388. The average molecular weight is 269 g/mol. The fraction of sp³-hybridized carbons (Fsp3) is 0.500. The lowest BCUT2D eigenvalue weighted by Crippen LogP contribution is -2.36. The summed E-state index contributed by atoms with van der Waals surface area (Å²) in [6.07, 6.45) is 0. The lowest BCUT2D eigenvalue weighted by atomic mass is 9.84. The first-order chi connectivity index (χ1) is 8.90. The van der Waals surface area contributed by atoms with E-state index in [1.54, 1.807) is 6.07 Å². The van der Waals surface area contributed by atoms with Crippen LogP contribution in [0.5, 0.6) is 5.75 Å². The molecular weight excluding hydrogens is 249 g/mol. The number of methoxy groups -OCH3 is 2. The highest BCUT2D eigenvalue weighted by molar-refractivity contribution is 5.71. The Bertz CT molecular complexity index is 446. The van der Waals surface area contributed by atoms with Crippen molar-refractivity contribution in [3.63, 3.8) is 0 Å². The zero-order valence-corrected chi connectivity index (χ0v) is 11.7. The number of esters is 1. The van der Waals surface area contributed by atoms with Crippen molar-refractivity contribution in [2.75, 3.05) is 27.3 Å². The Kier molecular flexibility index (Phi) is 5.30. The van der Waals surface area contributed by atoms with Gasteiger partial charge < -0.3 is 14.8 Å². The maximum absolute atomic E-state index is 13.7. The van der Waals surface area contributed by atoms with Gasteiger partial charge in [0.05, 0.1) is 20.8 Å². The molecule has 0 aromatic heterocycles. The highest BCUT2D eigenvalue weighted by Crippen LogP contribution is 2.26. The molecular formula is C14H20FNO3. The van der Waals surface area contributed by atoms with Crippen molar-refractivity contribution >= 4 is 5.97 Å². The van der Waals surface area contributed by atoms with Crippen molar-refractivity contribution in [1.29, 1.82) is 0 Å². The SMILES string of the molecule is COC(=O)CNCC(C)(C)c1ccc(OC)c(F)c1. The summed E-state index contributed by atoms with van der Waals surface area (Å²) in [6, 6.07) is 4.88. The highest BCUT2D eigenvalue weighted by atomic mass is 19.1. The number of rotatable bonds is 6. The summed E-state index contributed by atoms with van der Waals surface area (Å²) in [4.78, 5) is 11.0. The normalized spacial score (nSPS) is 11.2. The van der Waals surface area contributed by atoms with Crippen molar-refractivity contribution in [2.24, 2.45) is 0 Å². The first-order valence-electron chi connectivity index (χ1n) is 6.02. The van der Waals surface area contributed by atoms with Crippen LogP contribution in [0.3, 0.4) is 0 Å². The minimum Gasteiger partial charge on any atom is -0.494 e. The molecule has 0 unspecified atom stereocenters. The largest absolute Gasteiger partial charge is 0.494 e. The summed E-state index contributed by atoms with van der Waals surface area (Å²) in [5.74, 6) is -0.486. The van der Waals surface area contributed by atoms with Gasteiger partial charge in [0.2, 0.25) is 0 Å². The number of carbonyl (C=O) groups excluding carboxylic acids is 1. The maximum Gasteiger partial charge on any atom is 0.319 e. The fourth-order valence-electron chi connectivity index (χ4n) is 1.74. The minimum absolute atomic E-state index is 0.137. The predicted molar refractivity (Wildman–Crippen MR) is 70.9 cm³/mol. The average Bonchev–Trinajstić information content (AvgIpc) is 2.38. The second kappa shape index (κ2) is 6.52. The van der Waals surface area contributed by atoms with E-state index < -0.39 is 0 Å². The quantitative estimate of drug-likeness (QED) is 0.801. The van der Waals surface area contributed by atoms with E-state index in [2.05, 4.69) is 10.1 Å². The predicted octanol–water partition coefficient (Wildman–Crippen LogP) is 1.87. The van der Waals surface area contributed by atoms with Crippen LogP contribution in [0.2, 0.25) is 0 Å². The van der Waals surface area contributed by atoms with Crippen LogP contribution in [0.25, 0.3) is 0 Å². The van der Waals surface area contributed by atoms with Gasteiger partial charge >= 0.3 is 5.97 Å². The van der Waals surface area contributed by atoms with Crippen LogP contribution >= 0.6 is 0 Å². The van der Waals surface area contributed by atoms with E-state index in [-0.39, 0.29) is 29.5 Å². The lowest BCUT2D eigenvalue weighted by Gasteiger charge is -2.26. The second-order valence-corrected chi connectivity index (χ2v) is 4.91. The first kappa shape index (κ1) is 15.4. The molecule has 0 fully saturated rings. The molecule has 0 amide bonds. The Morgan fingerprint density at radius 2 is 2.05 bits per heavy atom. The van der Waals surface area contributed by atoms with Crippen LogP contribution in [0.1, 0.15) is 19.4 Å². The second-order valence-electron chi connectivity index (χ2n) is 4.91. The van der Waals surface area contributed by atoms with Gasteiger partial charge in [-0.05, 0) is 17.7 Å². The molecule has 1 aromatic carbocycles. The smallest absolute Gasteiger partial charge is 0.319 e. The van der Waals surface area contributed by atoms with Crippen LogP contribution in [0.15, 0.2) is 18.2 Å². The number of ether oxygens (including phenoxy) is 2. The third-order valence-electron chi connectivity index (χ3n) is 3.00. The van der Waals surface area contributed by atoms with Crippen molar-refractivity contribution < 1.29 is 18.7 Å². The molecule has 0 aliphatic heterocycles. The van der Waals surface area contributed by atoms with E-state index in [1.165, 1.54) is 20.3 Å². The summed E-state index contributed by atoms with van der Waals surface area (Å²) >= 11 is 0. The van der Waals surface area contributed by atoms with Crippen molar-refractivity contribution in [2.45, 2.75) is 19.3 Å². The number of hydrogen-bond donors (Lipinski definition) is 1. The number of benzene rings is 1. The number of halogens is 1. The number of hydrogen-bond acceptors (Lipinski definition) is 4. The van der Waals surface area contributed by atoms with Gasteiger partial charge in [0, 0.05) is 12.0 Å². The molecule has 4 nitrogen and oxygen atoms in total. The Morgan fingerprint density at radius 3 is 2.58 bits per heavy atom. The summed E-state index contributed by atoms with van der Waals surface area (Å²) < 4.78 is 23.1. The Hall–Kier alpha value is -1.62. The zero-order valence-electron chi connectivity index (χ0n) is 11.7. The number of nitrogens with one attached hydrogen (secondary N) is 1. The Morgan fingerprint density at radius 1 is 1.37 bits per heavy atom. The molecule has 0 atom stereocenters. The third kappa shape index (κ3) is 4.21. The standard InChI is InChI=1S/C14H20FNO3/c1-14(2,9-16-8-13(17)19-4)10-5-6-12(18-3)11(15)7-10/h5-7,16H,8-9H2,1-4H3. The van der Waals surface area contributed by atoms with Crippen LogP contribution in [-0.4, -0.2) is 33.3 Å². The van der Waals surface area contributed by atoms with Gasteiger partial charge in [0.25, 0.3) is 0 Å². The van der Waals surface area contributed by atoms with E-state index in [0.717, 1.165) is 5.56 Å². The molecule has 0 saturated heterocycles. The van der Waals surface area contributed by atoms with Gasteiger partial charge in [-0.1, -0.05) is 19.9 Å². The lowest BCUT2D eigenvalue weighted by molar-refractivity contribution is -0.139. The molecule has 1 rings (SSSR count). The molecule has 1 aromatic rings. The van der Waals surface area contributed by atoms with E-state index in [4.69, 9.17) is 4.74 Å². The highest BCUT2D eigenvalue weighted by Gasteiger charge is 2.22. The maximum atomic E-state index is 13.7. The molecule has 0 aliphatic rings. The van der Waals surface area contributed by atoms with E-state index in [1.807, 2.05) is 19.9 Å². The van der Waals surface area contributed by atoms with Crippen LogP contribution in [0, 0.1) is 5.82 Å². The monoisotopic (exact) mass is 269 g/mol. The summed E-state index contributed by atoms with van der Waals surface area (Å²) in [5, 5.41) is 2.99. The van der Waals surface area contributed by atoms with Gasteiger partial charge in [-0.3, -0.25) is 4.79 Å². The van der Waals surface area contributed by atoms with Gasteiger partial charge in [0.1, 0.15) is 0 Å². The zero-order chi connectivity index (χ0) is 14.5. The third-order valence-corrected chi connectivity index (χ3v) is 3.00. The topological polar surface area (TPSA) is 47.6 Å². The molecule has 0 heterocycles. The molecule has 0 spiro atoms. The first-order valence-corrected chi connectivity index (χ1v) is 6.02. The molecule has 0 aliphatic carbocycles. The van der Waals surface area contributed by atoms with E-state index in [0.29, 0.717) is 6.54 Å². The summed E-state index contributed by atoms with van der Waals surface area (Å²) in [6.45, 7) is 4.61. The van der Waals surface area contributed by atoms with Crippen molar-refractivity contribution in [1.82, 2.24) is 5.32 Å². The van der Waals surface area contributed by atoms with Gasteiger partial charge in [-0.15, -0.1) is 0 Å². The number of carbonyl (C=O) groups is 1. The van der Waals surface area contributed by atoms with E-state index >= 15 is 0 Å². The Labute approximate surface area is 112 Å². The van der Waals surface area contributed by atoms with Crippen LogP contribution in [0.4, 0.5) is 4.39 Å².